The van der Waals surface area contributed by atoms with E-state index in [0.29, 0.717) is 11.3 Å². The standard InChI is InChI=1S/C17H23N3O4/c1-24-15-9-12(7-8-14(15)21)11-18-20-17(23)10-16(22)19-13-5-3-2-4-6-13/h7-9,11,13,21H,2-6,10H2,1H3,(H,19,22)(H,20,23)/b18-11-. The molecular weight excluding hydrogens is 310 g/mol. The first-order valence-electron chi connectivity index (χ1n) is 8.07. The van der Waals surface area contributed by atoms with Crippen LogP contribution in [-0.2, 0) is 9.59 Å². The number of rotatable bonds is 6. The number of phenolic OH excluding ortho intramolecular Hbond substituents is 1. The fourth-order valence-corrected chi connectivity index (χ4v) is 2.66. The topological polar surface area (TPSA) is 100 Å². The lowest BCUT2D eigenvalue weighted by Gasteiger charge is -2.22. The van der Waals surface area contributed by atoms with E-state index in [1.165, 1.54) is 25.8 Å². The largest absolute Gasteiger partial charge is 0.504 e. The summed E-state index contributed by atoms with van der Waals surface area (Å²) in [7, 11) is 1.45. The molecule has 0 aromatic heterocycles. The van der Waals surface area contributed by atoms with Gasteiger partial charge in [0.05, 0.1) is 13.3 Å². The van der Waals surface area contributed by atoms with Crippen LogP contribution in [0.5, 0.6) is 11.5 Å². The van der Waals surface area contributed by atoms with E-state index in [-0.39, 0.29) is 24.1 Å². The first-order valence-corrected chi connectivity index (χ1v) is 8.07. The number of phenols is 1. The number of carbonyl (C=O) groups excluding carboxylic acids is 2. The third-order valence-corrected chi connectivity index (χ3v) is 3.90. The number of nitrogens with one attached hydrogen (secondary N) is 2. The van der Waals surface area contributed by atoms with Crippen LogP contribution in [0, 0.1) is 0 Å². The molecule has 7 heteroatoms. The second-order valence-corrected chi connectivity index (χ2v) is 5.80. The van der Waals surface area contributed by atoms with E-state index in [9.17, 15) is 14.7 Å². The van der Waals surface area contributed by atoms with Crippen LogP contribution in [0.3, 0.4) is 0 Å². The van der Waals surface area contributed by atoms with Crippen LogP contribution in [-0.4, -0.2) is 36.3 Å². The summed E-state index contributed by atoms with van der Waals surface area (Å²) in [6.45, 7) is 0. The van der Waals surface area contributed by atoms with E-state index in [1.54, 1.807) is 12.1 Å². The Bertz CT molecular complexity index is 610. The number of ether oxygens (including phenoxy) is 1. The minimum absolute atomic E-state index is 0.0260. The lowest BCUT2D eigenvalue weighted by Crippen LogP contribution is -2.38. The summed E-state index contributed by atoms with van der Waals surface area (Å²) >= 11 is 0. The highest BCUT2D eigenvalue weighted by atomic mass is 16.5. The average molecular weight is 333 g/mol. The molecule has 0 atom stereocenters. The van der Waals surface area contributed by atoms with Crippen molar-refractivity contribution in [2.75, 3.05) is 7.11 Å². The Hall–Kier alpha value is -2.57. The van der Waals surface area contributed by atoms with Crippen molar-refractivity contribution in [3.8, 4) is 11.5 Å². The zero-order chi connectivity index (χ0) is 17.4. The number of nitrogens with zero attached hydrogens (tertiary/aromatic N) is 1. The number of hydrogen-bond acceptors (Lipinski definition) is 5. The molecule has 0 spiro atoms. The van der Waals surface area contributed by atoms with E-state index < -0.39 is 5.91 Å². The summed E-state index contributed by atoms with van der Waals surface area (Å²) in [4.78, 5) is 23.5. The van der Waals surface area contributed by atoms with E-state index in [1.807, 2.05) is 0 Å². The third kappa shape index (κ3) is 5.57. The smallest absolute Gasteiger partial charge is 0.249 e. The molecule has 1 fully saturated rings. The Morgan fingerprint density at radius 2 is 2.04 bits per heavy atom. The predicted octanol–water partition coefficient (Wildman–Crippen LogP) is 1.69. The fraction of sp³-hybridized carbons (Fsp3) is 0.471. The first-order chi connectivity index (χ1) is 11.6. The highest BCUT2D eigenvalue weighted by Gasteiger charge is 2.17. The zero-order valence-corrected chi connectivity index (χ0v) is 13.7. The number of benzene rings is 1. The van der Waals surface area contributed by atoms with Crippen LogP contribution in [0.2, 0.25) is 0 Å². The molecular formula is C17H23N3O4. The Balaban J connectivity index is 1.76. The average Bonchev–Trinajstić information content (AvgIpc) is 2.57. The van der Waals surface area contributed by atoms with E-state index in [2.05, 4.69) is 15.8 Å². The van der Waals surface area contributed by atoms with E-state index in [4.69, 9.17) is 4.74 Å². The molecule has 1 aliphatic carbocycles. The van der Waals surface area contributed by atoms with Crippen LogP contribution < -0.4 is 15.5 Å². The molecule has 0 saturated heterocycles. The van der Waals surface area contributed by atoms with Crippen molar-refractivity contribution in [2.45, 2.75) is 44.6 Å². The van der Waals surface area contributed by atoms with Gasteiger partial charge >= 0.3 is 0 Å². The highest BCUT2D eigenvalue weighted by Crippen LogP contribution is 2.25. The molecule has 2 rings (SSSR count). The van der Waals surface area contributed by atoms with Crippen molar-refractivity contribution >= 4 is 18.0 Å². The summed E-state index contributed by atoms with van der Waals surface area (Å²) in [6.07, 6.45) is 6.59. The molecule has 130 valence electrons. The molecule has 1 aromatic carbocycles. The van der Waals surface area contributed by atoms with Gasteiger partial charge in [0.25, 0.3) is 0 Å². The second kappa shape index (κ2) is 8.90. The number of amides is 2. The summed E-state index contributed by atoms with van der Waals surface area (Å²) in [5.41, 5.74) is 2.97. The van der Waals surface area contributed by atoms with Gasteiger partial charge in [-0.1, -0.05) is 19.3 Å². The fourth-order valence-electron chi connectivity index (χ4n) is 2.66. The molecule has 1 saturated carbocycles. The molecule has 2 amide bonds. The van der Waals surface area contributed by atoms with Gasteiger partial charge in [0, 0.05) is 6.04 Å². The molecule has 7 nitrogen and oxygen atoms in total. The van der Waals surface area contributed by atoms with Crippen molar-refractivity contribution in [2.24, 2.45) is 5.10 Å². The van der Waals surface area contributed by atoms with Crippen LogP contribution >= 0.6 is 0 Å². The van der Waals surface area contributed by atoms with Crippen LogP contribution in [0.4, 0.5) is 0 Å². The Morgan fingerprint density at radius 1 is 1.29 bits per heavy atom. The normalized spacial score (nSPS) is 15.2. The number of methoxy groups -OCH3 is 1. The summed E-state index contributed by atoms with van der Waals surface area (Å²) in [5.74, 6) is -0.401. The maximum absolute atomic E-state index is 11.8. The minimum atomic E-state index is -0.467. The van der Waals surface area contributed by atoms with Crippen molar-refractivity contribution in [1.82, 2.24) is 10.7 Å². The summed E-state index contributed by atoms with van der Waals surface area (Å²) < 4.78 is 4.99. The highest BCUT2D eigenvalue weighted by molar-refractivity contribution is 5.97. The van der Waals surface area contributed by atoms with Gasteiger partial charge < -0.3 is 15.2 Å². The Morgan fingerprint density at radius 3 is 2.75 bits per heavy atom. The number of aromatic hydroxyl groups is 1. The lowest BCUT2D eigenvalue weighted by molar-refractivity contribution is -0.129. The van der Waals surface area contributed by atoms with Crippen LogP contribution in [0.15, 0.2) is 23.3 Å². The van der Waals surface area contributed by atoms with Gasteiger partial charge in [-0.3, -0.25) is 9.59 Å². The molecule has 1 aromatic rings. The molecule has 0 radical (unpaired) electrons. The first kappa shape index (κ1) is 17.8. The van der Waals surface area contributed by atoms with Gasteiger partial charge in [-0.25, -0.2) is 5.43 Å². The molecule has 0 bridgehead atoms. The zero-order valence-electron chi connectivity index (χ0n) is 13.7. The van der Waals surface area contributed by atoms with Crippen molar-refractivity contribution < 1.29 is 19.4 Å². The van der Waals surface area contributed by atoms with Gasteiger partial charge in [0.2, 0.25) is 11.8 Å². The molecule has 0 aliphatic heterocycles. The summed E-state index contributed by atoms with van der Waals surface area (Å²) in [6, 6.07) is 4.87. The van der Waals surface area contributed by atoms with Crippen molar-refractivity contribution in [1.29, 1.82) is 0 Å². The predicted molar refractivity (Wildman–Crippen MR) is 90.0 cm³/mol. The van der Waals surface area contributed by atoms with Gasteiger partial charge in [-0.15, -0.1) is 0 Å². The number of carbonyl (C=O) groups is 2. The van der Waals surface area contributed by atoms with Crippen LogP contribution in [0.25, 0.3) is 0 Å². The van der Waals surface area contributed by atoms with E-state index in [0.717, 1.165) is 25.7 Å². The quantitative estimate of drug-likeness (QED) is 0.419. The second-order valence-electron chi connectivity index (χ2n) is 5.80. The van der Waals surface area contributed by atoms with Gasteiger partial charge in [-0.05, 0) is 36.6 Å². The SMILES string of the molecule is COc1cc(/C=N\NC(=O)CC(=O)NC2CCCCC2)ccc1O. The van der Waals surface area contributed by atoms with E-state index >= 15 is 0 Å². The molecule has 0 unspecified atom stereocenters. The maximum atomic E-state index is 11.8. The molecule has 0 heterocycles. The van der Waals surface area contributed by atoms with Crippen LogP contribution in [0.1, 0.15) is 44.1 Å². The third-order valence-electron chi connectivity index (χ3n) is 3.90. The maximum Gasteiger partial charge on any atom is 0.249 e. The molecule has 3 N–H and O–H groups in total. The molecule has 1 aliphatic rings. The Kier molecular flexibility index (Phi) is 6.60. The molecule has 24 heavy (non-hydrogen) atoms. The Labute approximate surface area is 141 Å². The van der Waals surface area contributed by atoms with Crippen molar-refractivity contribution in [3.63, 3.8) is 0 Å². The number of hydrogen-bond donors (Lipinski definition) is 3. The number of hydrazone groups is 1. The minimum Gasteiger partial charge on any atom is -0.504 e. The van der Waals surface area contributed by atoms with Gasteiger partial charge in [-0.2, -0.15) is 5.10 Å². The summed E-state index contributed by atoms with van der Waals surface area (Å²) in [5, 5.41) is 16.2. The lowest BCUT2D eigenvalue weighted by atomic mass is 9.95. The van der Waals surface area contributed by atoms with Crippen molar-refractivity contribution in [3.05, 3.63) is 23.8 Å². The van der Waals surface area contributed by atoms with Gasteiger partial charge in [0.1, 0.15) is 6.42 Å². The monoisotopic (exact) mass is 333 g/mol. The van der Waals surface area contributed by atoms with Gasteiger partial charge in [0.15, 0.2) is 11.5 Å².